The number of nitrogens with one attached hydrogen (secondary N) is 1. The predicted octanol–water partition coefficient (Wildman–Crippen LogP) is 1.32. The molecule has 0 bridgehead atoms. The van der Waals surface area contributed by atoms with Gasteiger partial charge in [0, 0.05) is 37.2 Å². The van der Waals surface area contributed by atoms with Crippen LogP contribution in [0.1, 0.15) is 37.9 Å². The Morgan fingerprint density at radius 1 is 1.35 bits per heavy atom. The molecule has 0 spiro atoms. The van der Waals surface area contributed by atoms with Crippen molar-refractivity contribution < 1.29 is 4.79 Å². The van der Waals surface area contributed by atoms with E-state index in [0.29, 0.717) is 18.6 Å². The maximum Gasteiger partial charge on any atom is 0.236 e. The van der Waals surface area contributed by atoms with Gasteiger partial charge in [0.15, 0.2) is 0 Å². The van der Waals surface area contributed by atoms with Crippen molar-refractivity contribution in [1.82, 2.24) is 19.8 Å². The lowest BCUT2D eigenvalue weighted by molar-refractivity contribution is -0.132. The second-order valence-corrected chi connectivity index (χ2v) is 6.96. The fraction of sp³-hybridized carbons (Fsp3) is 0.706. The Kier molecular flexibility index (Phi) is 4.80. The van der Waals surface area contributed by atoms with E-state index in [-0.39, 0.29) is 5.91 Å². The molecule has 23 heavy (non-hydrogen) atoms. The van der Waals surface area contributed by atoms with Crippen LogP contribution in [0.15, 0.2) is 6.33 Å². The van der Waals surface area contributed by atoms with Gasteiger partial charge in [0.05, 0.1) is 12.2 Å². The molecule has 2 aliphatic rings. The molecule has 126 valence electrons. The lowest BCUT2D eigenvalue weighted by Gasteiger charge is -2.26. The molecule has 0 radical (unpaired) electrons. The number of hydrogen-bond donors (Lipinski definition) is 1. The smallest absolute Gasteiger partial charge is 0.236 e. The Bertz CT molecular complexity index is 570. The molecule has 1 aliphatic heterocycles. The number of likely N-dealkylation sites (N-methyl/N-ethyl adjacent to an activating group) is 1. The average Bonchev–Trinajstić information content (AvgIpc) is 3.33. The van der Waals surface area contributed by atoms with Crippen LogP contribution in [-0.2, 0) is 17.6 Å². The lowest BCUT2D eigenvalue weighted by Crippen LogP contribution is -2.42. The number of nitrogens with zero attached hydrogens (tertiary/aromatic N) is 4. The Hall–Kier alpha value is -1.69. The van der Waals surface area contributed by atoms with Gasteiger partial charge in [-0.25, -0.2) is 9.97 Å². The zero-order valence-corrected chi connectivity index (χ0v) is 14.4. The second-order valence-electron chi connectivity index (χ2n) is 6.96. The summed E-state index contributed by atoms with van der Waals surface area (Å²) in [4.78, 5) is 25.5. The summed E-state index contributed by atoms with van der Waals surface area (Å²) in [5, 5.41) is 3.50. The van der Waals surface area contributed by atoms with Crippen molar-refractivity contribution in [2.45, 2.75) is 51.6 Å². The number of fused-ring (bicyclic) bond motifs is 1. The van der Waals surface area contributed by atoms with Crippen molar-refractivity contribution in [2.75, 3.05) is 32.0 Å². The Morgan fingerprint density at radius 2 is 2.09 bits per heavy atom. The molecule has 0 atom stereocenters. The minimum Gasteiger partial charge on any atom is -0.367 e. The molecule has 0 aromatic carbocycles. The molecule has 0 saturated heterocycles. The Morgan fingerprint density at radius 3 is 2.78 bits per heavy atom. The number of carbonyl (C=O) groups is 1. The first-order valence-corrected chi connectivity index (χ1v) is 8.62. The van der Waals surface area contributed by atoms with Gasteiger partial charge in [0.2, 0.25) is 5.91 Å². The maximum absolute atomic E-state index is 12.5. The minimum absolute atomic E-state index is 0.207. The third-order valence-corrected chi connectivity index (χ3v) is 4.82. The highest BCUT2D eigenvalue weighted by molar-refractivity contribution is 5.78. The van der Waals surface area contributed by atoms with Gasteiger partial charge in [-0.05, 0) is 40.2 Å². The van der Waals surface area contributed by atoms with E-state index >= 15 is 0 Å². The van der Waals surface area contributed by atoms with Crippen LogP contribution in [0, 0.1) is 0 Å². The third-order valence-electron chi connectivity index (χ3n) is 4.82. The van der Waals surface area contributed by atoms with Crippen LogP contribution in [0.25, 0.3) is 0 Å². The van der Waals surface area contributed by atoms with Crippen LogP contribution < -0.4 is 5.32 Å². The highest BCUT2D eigenvalue weighted by Gasteiger charge is 2.26. The molecule has 6 heteroatoms. The average molecular weight is 317 g/mol. The summed E-state index contributed by atoms with van der Waals surface area (Å²) in [6, 6.07) is 0.956. The van der Waals surface area contributed by atoms with Gasteiger partial charge in [0.25, 0.3) is 0 Å². The third kappa shape index (κ3) is 3.99. The van der Waals surface area contributed by atoms with Crippen molar-refractivity contribution in [3.63, 3.8) is 0 Å². The summed E-state index contributed by atoms with van der Waals surface area (Å²) in [5.74, 6) is 1.18. The summed E-state index contributed by atoms with van der Waals surface area (Å²) in [5.41, 5.74) is 2.29. The summed E-state index contributed by atoms with van der Waals surface area (Å²) >= 11 is 0. The van der Waals surface area contributed by atoms with E-state index in [2.05, 4.69) is 34.0 Å². The predicted molar refractivity (Wildman–Crippen MR) is 90.4 cm³/mol. The Balaban J connectivity index is 1.66. The van der Waals surface area contributed by atoms with E-state index in [0.717, 1.165) is 37.4 Å². The molecule has 1 N–H and O–H groups in total. The molecule has 1 aromatic rings. The van der Waals surface area contributed by atoms with Crippen LogP contribution in [0.2, 0.25) is 0 Å². The van der Waals surface area contributed by atoms with Gasteiger partial charge in [-0.3, -0.25) is 9.69 Å². The van der Waals surface area contributed by atoms with Crippen LogP contribution in [0.3, 0.4) is 0 Å². The molecular weight excluding hydrogens is 290 g/mol. The van der Waals surface area contributed by atoms with Crippen molar-refractivity contribution >= 4 is 11.7 Å². The fourth-order valence-electron chi connectivity index (χ4n) is 2.82. The van der Waals surface area contributed by atoms with E-state index in [1.165, 1.54) is 18.4 Å². The summed E-state index contributed by atoms with van der Waals surface area (Å²) in [6.45, 7) is 6.20. The van der Waals surface area contributed by atoms with E-state index in [1.54, 1.807) is 6.33 Å². The highest BCUT2D eigenvalue weighted by atomic mass is 16.2. The van der Waals surface area contributed by atoms with Gasteiger partial charge in [-0.15, -0.1) is 0 Å². The van der Waals surface area contributed by atoms with Gasteiger partial charge in [-0.1, -0.05) is 0 Å². The van der Waals surface area contributed by atoms with E-state index in [1.807, 2.05) is 11.9 Å². The molecule has 6 nitrogen and oxygen atoms in total. The minimum atomic E-state index is 0.207. The largest absolute Gasteiger partial charge is 0.367 e. The van der Waals surface area contributed by atoms with Crippen LogP contribution in [0.4, 0.5) is 5.82 Å². The fourth-order valence-corrected chi connectivity index (χ4v) is 2.82. The van der Waals surface area contributed by atoms with E-state index in [9.17, 15) is 4.79 Å². The zero-order valence-electron chi connectivity index (χ0n) is 14.4. The lowest BCUT2D eigenvalue weighted by atomic mass is 10.1. The van der Waals surface area contributed by atoms with Gasteiger partial charge in [-0.2, -0.15) is 0 Å². The number of aromatic nitrogens is 2. The SMILES string of the molecule is CC(C)N(C)CC(=O)N1CCc2ncnc(NC3CC3)c2CC1. The maximum atomic E-state index is 12.5. The van der Waals surface area contributed by atoms with E-state index < -0.39 is 0 Å². The van der Waals surface area contributed by atoms with Crippen LogP contribution >= 0.6 is 0 Å². The highest BCUT2D eigenvalue weighted by Crippen LogP contribution is 2.27. The van der Waals surface area contributed by atoms with Crippen molar-refractivity contribution in [3.8, 4) is 0 Å². The first kappa shape index (κ1) is 16.2. The second kappa shape index (κ2) is 6.83. The first-order chi connectivity index (χ1) is 11.0. The van der Waals surface area contributed by atoms with Crippen molar-refractivity contribution in [3.05, 3.63) is 17.6 Å². The molecule has 2 heterocycles. The van der Waals surface area contributed by atoms with E-state index in [4.69, 9.17) is 0 Å². The van der Waals surface area contributed by atoms with Crippen molar-refractivity contribution in [2.24, 2.45) is 0 Å². The monoisotopic (exact) mass is 317 g/mol. The molecular formula is C17H27N5O. The van der Waals surface area contributed by atoms with Crippen LogP contribution in [-0.4, -0.2) is 64.4 Å². The molecule has 1 amide bonds. The van der Waals surface area contributed by atoms with Gasteiger partial charge >= 0.3 is 0 Å². The topological polar surface area (TPSA) is 61.4 Å². The summed E-state index contributed by atoms with van der Waals surface area (Å²) < 4.78 is 0. The zero-order chi connectivity index (χ0) is 16.4. The molecule has 1 fully saturated rings. The number of rotatable bonds is 5. The van der Waals surface area contributed by atoms with Gasteiger partial charge in [0.1, 0.15) is 12.1 Å². The summed E-state index contributed by atoms with van der Waals surface area (Å²) in [6.07, 6.45) is 5.75. The number of hydrogen-bond acceptors (Lipinski definition) is 5. The summed E-state index contributed by atoms with van der Waals surface area (Å²) in [7, 11) is 2.00. The number of carbonyl (C=O) groups excluding carboxylic acids is 1. The molecule has 3 rings (SSSR count). The normalized spacial score (nSPS) is 18.0. The number of amides is 1. The standard InChI is InChI=1S/C17H27N5O/c1-12(2)21(3)10-16(23)22-8-6-14-15(7-9-22)18-11-19-17(14)20-13-4-5-13/h11-13H,4-10H2,1-3H3,(H,18,19,20). The molecule has 1 aromatic heterocycles. The quantitative estimate of drug-likeness (QED) is 0.887. The molecule has 1 saturated carbocycles. The van der Waals surface area contributed by atoms with Gasteiger partial charge < -0.3 is 10.2 Å². The van der Waals surface area contributed by atoms with Crippen LogP contribution in [0.5, 0.6) is 0 Å². The molecule has 0 unspecified atom stereocenters. The first-order valence-electron chi connectivity index (χ1n) is 8.62. The molecule has 1 aliphatic carbocycles. The Labute approximate surface area is 138 Å². The number of anilines is 1. The van der Waals surface area contributed by atoms with Crippen molar-refractivity contribution in [1.29, 1.82) is 0 Å².